The average Bonchev–Trinajstić information content (AvgIpc) is 3.07. The molecule has 0 aromatic carbocycles. The van der Waals surface area contributed by atoms with Gasteiger partial charge in [-0.15, -0.1) is 0 Å². The first-order valence-corrected chi connectivity index (χ1v) is 11.1. The lowest BCUT2D eigenvalue weighted by molar-refractivity contribution is -0.171. The zero-order valence-electron chi connectivity index (χ0n) is 17.7. The van der Waals surface area contributed by atoms with Crippen molar-refractivity contribution in [1.29, 1.82) is 0 Å². The van der Waals surface area contributed by atoms with Crippen molar-refractivity contribution in [2.45, 2.75) is 63.1 Å². The molecule has 0 radical (unpaired) electrons. The summed E-state index contributed by atoms with van der Waals surface area (Å²) < 4.78 is 6.04. The summed E-state index contributed by atoms with van der Waals surface area (Å²) in [6.07, 6.45) is 8.42. The number of piperidine rings is 1. The second-order valence-electron chi connectivity index (χ2n) is 9.32. The van der Waals surface area contributed by atoms with Gasteiger partial charge in [-0.3, -0.25) is 9.79 Å². The van der Waals surface area contributed by atoms with E-state index in [-0.39, 0.29) is 5.91 Å². The molecule has 28 heavy (non-hydrogen) atoms. The number of carbonyl (C=O) groups excluding carboxylic acids is 1. The summed E-state index contributed by atoms with van der Waals surface area (Å²) in [6.45, 7) is 3.88. The van der Waals surface area contributed by atoms with Crippen molar-refractivity contribution >= 4 is 11.9 Å². The molecule has 7 nitrogen and oxygen atoms in total. The molecule has 0 aromatic heterocycles. The topological polar surface area (TPSA) is 69.2 Å². The molecule has 4 rings (SSSR count). The highest BCUT2D eigenvalue weighted by Gasteiger charge is 2.66. The molecule has 2 aliphatic carbocycles. The van der Waals surface area contributed by atoms with E-state index >= 15 is 0 Å². The minimum absolute atomic E-state index is 0.212. The van der Waals surface area contributed by atoms with Crippen molar-refractivity contribution < 1.29 is 9.53 Å². The van der Waals surface area contributed by atoms with E-state index in [0.29, 0.717) is 35.9 Å². The van der Waals surface area contributed by atoms with Crippen LogP contribution in [0.5, 0.6) is 0 Å². The maximum absolute atomic E-state index is 11.8. The highest BCUT2D eigenvalue weighted by Crippen LogP contribution is 2.62. The third-order valence-corrected chi connectivity index (χ3v) is 7.62. The van der Waals surface area contributed by atoms with E-state index < -0.39 is 0 Å². The van der Waals surface area contributed by atoms with E-state index in [1.54, 1.807) is 4.90 Å². The van der Waals surface area contributed by atoms with Gasteiger partial charge in [0.25, 0.3) is 0 Å². The van der Waals surface area contributed by atoms with E-state index in [4.69, 9.17) is 4.74 Å². The summed E-state index contributed by atoms with van der Waals surface area (Å²) in [7, 11) is 5.53. The molecule has 1 amide bonds. The van der Waals surface area contributed by atoms with Crippen LogP contribution in [-0.4, -0.2) is 87.2 Å². The monoisotopic (exact) mass is 391 g/mol. The molecule has 0 aromatic rings. The highest BCUT2D eigenvalue weighted by atomic mass is 16.5. The summed E-state index contributed by atoms with van der Waals surface area (Å²) in [4.78, 5) is 20.4. The van der Waals surface area contributed by atoms with Crippen LogP contribution >= 0.6 is 0 Å². The van der Waals surface area contributed by atoms with Crippen LogP contribution in [0.25, 0.3) is 0 Å². The smallest absolute Gasteiger partial charge is 0.223 e. The summed E-state index contributed by atoms with van der Waals surface area (Å²) >= 11 is 0. The number of hydrogen-bond acceptors (Lipinski definition) is 4. The molecule has 4 aliphatic rings. The number of amides is 1. The number of carbonyl (C=O) groups is 1. The van der Waals surface area contributed by atoms with Crippen LogP contribution in [-0.2, 0) is 9.53 Å². The van der Waals surface area contributed by atoms with Gasteiger partial charge in [0.2, 0.25) is 5.91 Å². The molecule has 0 bridgehead atoms. The number of nitrogens with zero attached hydrogens (tertiary/aromatic N) is 3. The lowest BCUT2D eigenvalue weighted by atomic mass is 9.46. The van der Waals surface area contributed by atoms with Gasteiger partial charge in [-0.05, 0) is 32.1 Å². The van der Waals surface area contributed by atoms with Crippen molar-refractivity contribution in [3.8, 4) is 0 Å². The van der Waals surface area contributed by atoms with Gasteiger partial charge in [0, 0.05) is 77.2 Å². The van der Waals surface area contributed by atoms with Crippen molar-refractivity contribution in [3.63, 3.8) is 0 Å². The Labute approximate surface area is 169 Å². The molecule has 2 heterocycles. The Bertz CT molecular complexity index is 596. The average molecular weight is 392 g/mol. The second-order valence-corrected chi connectivity index (χ2v) is 9.32. The Balaban J connectivity index is 1.23. The van der Waals surface area contributed by atoms with Crippen molar-refractivity contribution in [1.82, 2.24) is 20.4 Å². The predicted octanol–water partition coefficient (Wildman–Crippen LogP) is 1.05. The molecular weight excluding hydrogens is 354 g/mol. The first-order chi connectivity index (χ1) is 13.5. The van der Waals surface area contributed by atoms with E-state index in [2.05, 4.69) is 20.5 Å². The van der Waals surface area contributed by atoms with Gasteiger partial charge in [-0.1, -0.05) is 6.42 Å². The Morgan fingerprint density at radius 2 is 1.96 bits per heavy atom. The van der Waals surface area contributed by atoms with Gasteiger partial charge < -0.3 is 25.2 Å². The Morgan fingerprint density at radius 3 is 2.57 bits per heavy atom. The van der Waals surface area contributed by atoms with Crippen LogP contribution in [0.1, 0.15) is 44.9 Å². The van der Waals surface area contributed by atoms with Crippen LogP contribution in [0.4, 0.5) is 0 Å². The molecular formula is C21H37N5O2. The van der Waals surface area contributed by atoms with E-state index in [9.17, 15) is 4.79 Å². The quantitative estimate of drug-likeness (QED) is 0.542. The van der Waals surface area contributed by atoms with Gasteiger partial charge >= 0.3 is 0 Å². The van der Waals surface area contributed by atoms with Crippen LogP contribution < -0.4 is 10.6 Å². The van der Waals surface area contributed by atoms with Gasteiger partial charge in [-0.25, -0.2) is 0 Å². The number of fused-ring (bicyclic) bond motifs is 2. The normalized spacial score (nSPS) is 32.4. The fraction of sp³-hybridized carbons (Fsp3) is 0.905. The minimum Gasteiger partial charge on any atom is -0.377 e. The second kappa shape index (κ2) is 8.19. The molecule has 158 valence electrons. The number of hydrogen-bond donors (Lipinski definition) is 2. The zero-order valence-corrected chi connectivity index (χ0v) is 17.7. The maximum atomic E-state index is 11.8. The zero-order chi connectivity index (χ0) is 19.7. The summed E-state index contributed by atoms with van der Waals surface area (Å²) in [5.41, 5.74) is 0.376. The number of nitrogens with one attached hydrogen (secondary N) is 2. The van der Waals surface area contributed by atoms with Gasteiger partial charge in [0.1, 0.15) is 0 Å². The largest absolute Gasteiger partial charge is 0.377 e. The van der Waals surface area contributed by atoms with Gasteiger partial charge in [0.15, 0.2) is 5.96 Å². The van der Waals surface area contributed by atoms with Crippen LogP contribution in [0.15, 0.2) is 4.99 Å². The van der Waals surface area contributed by atoms with Crippen LogP contribution in [0, 0.1) is 11.3 Å². The first kappa shape index (κ1) is 20.0. The summed E-state index contributed by atoms with van der Waals surface area (Å²) in [6, 6.07) is 0.983. The van der Waals surface area contributed by atoms with Crippen molar-refractivity contribution in [2.24, 2.45) is 16.3 Å². The number of likely N-dealkylation sites (tertiary alicyclic amines) is 1. The SMILES string of the molecule is CN=C(NC1CCN(CCC(=O)N(C)C)CC1)NC1C2CCOC2C12CCC2. The Morgan fingerprint density at radius 1 is 1.21 bits per heavy atom. The maximum Gasteiger partial charge on any atom is 0.223 e. The number of aliphatic imine (C=N–C) groups is 1. The molecule has 2 aliphatic heterocycles. The fourth-order valence-electron chi connectivity index (χ4n) is 5.75. The van der Waals surface area contributed by atoms with E-state index in [1.807, 2.05) is 21.1 Å². The molecule has 2 saturated heterocycles. The minimum atomic E-state index is 0.212. The number of rotatable bonds is 5. The molecule has 2 N–H and O–H groups in total. The van der Waals surface area contributed by atoms with Gasteiger partial charge in [-0.2, -0.15) is 0 Å². The third-order valence-electron chi connectivity index (χ3n) is 7.62. The van der Waals surface area contributed by atoms with E-state index in [0.717, 1.165) is 45.0 Å². The van der Waals surface area contributed by atoms with Crippen molar-refractivity contribution in [2.75, 3.05) is 47.4 Å². The lowest BCUT2D eigenvalue weighted by Gasteiger charge is -2.63. The molecule has 7 heteroatoms. The lowest BCUT2D eigenvalue weighted by Crippen LogP contribution is -2.72. The highest BCUT2D eigenvalue weighted by molar-refractivity contribution is 5.80. The first-order valence-electron chi connectivity index (χ1n) is 11.1. The Kier molecular flexibility index (Phi) is 5.83. The summed E-state index contributed by atoms with van der Waals surface area (Å²) in [5, 5.41) is 7.44. The molecule has 2 saturated carbocycles. The molecule has 4 fully saturated rings. The molecule has 3 unspecified atom stereocenters. The number of guanidine groups is 1. The Hall–Kier alpha value is -1.34. The third kappa shape index (κ3) is 3.63. The predicted molar refractivity (Wildman–Crippen MR) is 110 cm³/mol. The van der Waals surface area contributed by atoms with Crippen molar-refractivity contribution in [3.05, 3.63) is 0 Å². The van der Waals surface area contributed by atoms with E-state index in [1.165, 1.54) is 25.7 Å². The fourth-order valence-corrected chi connectivity index (χ4v) is 5.75. The van der Waals surface area contributed by atoms with Crippen LogP contribution in [0.2, 0.25) is 0 Å². The van der Waals surface area contributed by atoms with Gasteiger partial charge in [0.05, 0.1) is 6.10 Å². The molecule has 3 atom stereocenters. The van der Waals surface area contributed by atoms with Crippen LogP contribution in [0.3, 0.4) is 0 Å². The number of ether oxygens (including phenoxy) is 1. The molecule has 1 spiro atoms. The summed E-state index contributed by atoms with van der Waals surface area (Å²) in [5.74, 6) is 1.84. The standard InChI is InChI=1S/C21H37N5O2/c1-22-20(24-18-16-8-14-28-19(16)21(18)9-4-10-21)23-15-5-11-26(12-6-15)13-7-17(27)25(2)3/h15-16,18-19H,4-14H2,1-3H3,(H2,22,23,24).